The van der Waals surface area contributed by atoms with E-state index in [1.807, 2.05) is 24.3 Å². The third-order valence-corrected chi connectivity index (χ3v) is 9.91. The van der Waals surface area contributed by atoms with E-state index in [0.717, 1.165) is 18.2 Å². The highest BCUT2D eigenvalue weighted by Crippen LogP contribution is 2.46. The molecule has 2 aliphatic heterocycles. The van der Waals surface area contributed by atoms with E-state index >= 15 is 0 Å². The summed E-state index contributed by atoms with van der Waals surface area (Å²) in [6.45, 7) is 5.54. The summed E-state index contributed by atoms with van der Waals surface area (Å²) in [6, 6.07) is 10.2. The number of hydrogen-bond donors (Lipinski definition) is 3. The predicted octanol–water partition coefficient (Wildman–Crippen LogP) is 3.92. The molecule has 45 heavy (non-hydrogen) atoms. The fraction of sp³-hybridized carbons (Fsp3) is 0.515. The maximum absolute atomic E-state index is 13.8. The lowest BCUT2D eigenvalue weighted by atomic mass is 10.0. The smallest absolute Gasteiger partial charge is 0.408 e. The van der Waals surface area contributed by atoms with Gasteiger partial charge in [-0.1, -0.05) is 55.3 Å². The number of nitrogens with zero attached hydrogens (tertiary/aromatic N) is 1. The number of benzene rings is 2. The lowest BCUT2D eigenvalue weighted by Crippen LogP contribution is -2.58. The zero-order valence-electron chi connectivity index (χ0n) is 26.0. The minimum absolute atomic E-state index is 0.0572. The molecule has 4 unspecified atom stereocenters. The summed E-state index contributed by atoms with van der Waals surface area (Å²) in [5.74, 6) is -2.12. The molecule has 1 saturated heterocycles. The summed E-state index contributed by atoms with van der Waals surface area (Å²) in [4.78, 5) is 55.2. The van der Waals surface area contributed by atoms with Crippen molar-refractivity contribution in [1.82, 2.24) is 20.3 Å². The number of rotatable bonds is 4. The van der Waals surface area contributed by atoms with Gasteiger partial charge in [-0.05, 0) is 82.2 Å². The monoisotopic (exact) mass is 638 g/mol. The van der Waals surface area contributed by atoms with Crippen molar-refractivity contribution in [3.05, 3.63) is 54.6 Å². The Hall–Kier alpha value is -3.93. The molecule has 2 heterocycles. The molecule has 2 aromatic rings. The number of allylic oxidation sites excluding steroid dienone is 1. The number of carbonyl (C=O) groups is 4. The van der Waals surface area contributed by atoms with Gasteiger partial charge in [0, 0.05) is 12.5 Å². The molecule has 1 aliphatic carbocycles. The molecule has 1 saturated carbocycles. The van der Waals surface area contributed by atoms with Crippen molar-refractivity contribution in [2.24, 2.45) is 5.92 Å². The Morgan fingerprint density at radius 2 is 1.76 bits per heavy atom. The molecular formula is C33H42N4O7S. The third-order valence-electron chi connectivity index (χ3n) is 8.58. The zero-order valence-corrected chi connectivity index (χ0v) is 26.8. The van der Waals surface area contributed by atoms with Gasteiger partial charge >= 0.3 is 6.09 Å². The molecule has 4 atom stereocenters. The lowest BCUT2D eigenvalue weighted by Gasteiger charge is -2.30. The van der Waals surface area contributed by atoms with Crippen LogP contribution in [0.5, 0.6) is 0 Å². The number of hydrogen-bond acceptors (Lipinski definition) is 7. The number of nitrogens with one attached hydrogen (secondary N) is 3. The molecule has 3 N–H and O–H groups in total. The van der Waals surface area contributed by atoms with E-state index in [1.165, 1.54) is 17.0 Å². The average molecular weight is 639 g/mol. The van der Waals surface area contributed by atoms with Crippen molar-refractivity contribution in [2.45, 2.75) is 100 Å². The second-order valence-corrected chi connectivity index (χ2v) is 14.9. The molecule has 0 bridgehead atoms. The summed E-state index contributed by atoms with van der Waals surface area (Å²) < 4.78 is 34.3. The van der Waals surface area contributed by atoms with Gasteiger partial charge in [-0.15, -0.1) is 0 Å². The van der Waals surface area contributed by atoms with Crippen LogP contribution in [0.3, 0.4) is 0 Å². The van der Waals surface area contributed by atoms with Crippen molar-refractivity contribution >= 4 is 44.6 Å². The van der Waals surface area contributed by atoms with E-state index in [-0.39, 0.29) is 17.2 Å². The molecule has 3 aliphatic rings. The molecule has 242 valence electrons. The van der Waals surface area contributed by atoms with Crippen LogP contribution in [-0.2, 0) is 29.1 Å². The van der Waals surface area contributed by atoms with Crippen LogP contribution in [0.1, 0.15) is 72.1 Å². The highest BCUT2D eigenvalue weighted by molar-refractivity contribution is 7.90. The first-order valence-corrected chi connectivity index (χ1v) is 17.1. The first-order valence-electron chi connectivity index (χ1n) is 15.6. The molecule has 2 fully saturated rings. The van der Waals surface area contributed by atoms with E-state index in [4.69, 9.17) is 4.74 Å². The van der Waals surface area contributed by atoms with Crippen LogP contribution in [0, 0.1) is 5.92 Å². The van der Waals surface area contributed by atoms with Crippen molar-refractivity contribution in [1.29, 1.82) is 0 Å². The molecule has 4 amide bonds. The number of sulfonamides is 1. The number of alkyl carbamates (subject to hydrolysis) is 1. The maximum atomic E-state index is 13.8. The fourth-order valence-electron chi connectivity index (χ4n) is 6.15. The topological polar surface area (TPSA) is 151 Å². The minimum Gasteiger partial charge on any atom is -0.444 e. The van der Waals surface area contributed by atoms with Crippen LogP contribution in [0.25, 0.3) is 10.8 Å². The van der Waals surface area contributed by atoms with Gasteiger partial charge in [-0.3, -0.25) is 14.4 Å². The molecule has 0 spiro atoms. The largest absolute Gasteiger partial charge is 0.444 e. The van der Waals surface area contributed by atoms with Crippen molar-refractivity contribution in [3.8, 4) is 0 Å². The van der Waals surface area contributed by atoms with E-state index < -0.39 is 57.1 Å². The van der Waals surface area contributed by atoms with Crippen LogP contribution >= 0.6 is 0 Å². The third kappa shape index (κ3) is 7.49. The van der Waals surface area contributed by atoms with Gasteiger partial charge in [0.15, 0.2) is 0 Å². The van der Waals surface area contributed by atoms with Crippen molar-refractivity contribution in [3.63, 3.8) is 0 Å². The summed E-state index contributed by atoms with van der Waals surface area (Å²) in [7, 11) is -4.24. The zero-order chi connectivity index (χ0) is 32.4. The summed E-state index contributed by atoms with van der Waals surface area (Å²) in [5.41, 5.74) is -2.21. The summed E-state index contributed by atoms with van der Waals surface area (Å²) >= 11 is 0. The van der Waals surface area contributed by atoms with E-state index in [2.05, 4.69) is 15.4 Å². The summed E-state index contributed by atoms with van der Waals surface area (Å²) in [5, 5.41) is 7.13. The van der Waals surface area contributed by atoms with Crippen LogP contribution < -0.4 is 15.4 Å². The Bertz CT molecular complexity index is 1620. The first-order chi connectivity index (χ1) is 21.3. The number of ether oxygens (including phenoxy) is 1. The quantitative estimate of drug-likeness (QED) is 0.430. The Kier molecular flexibility index (Phi) is 9.25. The van der Waals surface area contributed by atoms with E-state index in [1.54, 1.807) is 39.0 Å². The lowest BCUT2D eigenvalue weighted by molar-refractivity contribution is -0.141. The van der Waals surface area contributed by atoms with Gasteiger partial charge in [0.1, 0.15) is 23.2 Å². The second-order valence-electron chi connectivity index (χ2n) is 13.2. The predicted molar refractivity (Wildman–Crippen MR) is 168 cm³/mol. The molecule has 12 heteroatoms. The van der Waals surface area contributed by atoms with Crippen LogP contribution in [0.15, 0.2) is 59.5 Å². The van der Waals surface area contributed by atoms with Crippen LogP contribution in [0.4, 0.5) is 4.79 Å². The number of carbonyl (C=O) groups excluding carboxylic acids is 4. The minimum atomic E-state index is -4.24. The fourth-order valence-corrected chi connectivity index (χ4v) is 7.22. The highest BCUT2D eigenvalue weighted by Gasteiger charge is 2.61. The second kappa shape index (κ2) is 12.8. The number of amides is 4. The highest BCUT2D eigenvalue weighted by atomic mass is 32.2. The van der Waals surface area contributed by atoms with Gasteiger partial charge in [0.05, 0.1) is 4.90 Å². The van der Waals surface area contributed by atoms with E-state index in [0.29, 0.717) is 44.0 Å². The molecule has 0 aromatic heterocycles. The average Bonchev–Trinajstić information content (AvgIpc) is 3.43. The Balaban J connectivity index is 1.37. The van der Waals surface area contributed by atoms with Crippen molar-refractivity contribution < 1.29 is 32.3 Å². The first kappa shape index (κ1) is 32.5. The van der Waals surface area contributed by atoms with Gasteiger partial charge < -0.3 is 20.3 Å². The Morgan fingerprint density at radius 3 is 2.51 bits per heavy atom. The van der Waals surface area contributed by atoms with Crippen LogP contribution in [0.2, 0.25) is 0 Å². The van der Waals surface area contributed by atoms with E-state index in [9.17, 15) is 27.6 Å². The standard InChI is InChI=1S/C33H42N4O7S/c1-32(2,3)44-31(41)34-26-15-8-6-4-5-7-14-24-21-33(24,35-28(38)27-16-11-19-37(27)29(26)39)30(40)36-45(42,43)25-18-17-22-12-9-10-13-23(22)20-25/h7,9-10,12-14,17-18,20,24,26-27H,4-6,8,11,15-16,19,21H2,1-3H3,(H,34,41)(H,35,38)(H,36,40)/b14-7-. The Labute approximate surface area is 264 Å². The summed E-state index contributed by atoms with van der Waals surface area (Å²) in [6.07, 6.45) is 7.73. The molecule has 0 radical (unpaired) electrons. The van der Waals surface area contributed by atoms with Gasteiger partial charge in [0.25, 0.3) is 15.9 Å². The SMILES string of the molecule is CC(C)(C)OC(=O)NC1CCCCC/C=C\C2CC2(C(=O)NS(=O)(=O)c2ccc3ccccc3c2)NC(=O)C2CCCN2C1=O. The molecule has 5 rings (SSSR count). The number of fused-ring (bicyclic) bond motifs is 3. The molecular weight excluding hydrogens is 596 g/mol. The Morgan fingerprint density at radius 1 is 1.00 bits per heavy atom. The van der Waals surface area contributed by atoms with Crippen molar-refractivity contribution in [2.75, 3.05) is 6.54 Å². The van der Waals surface area contributed by atoms with Gasteiger partial charge in [0.2, 0.25) is 11.8 Å². The van der Waals surface area contributed by atoms with Crippen LogP contribution in [-0.4, -0.2) is 66.9 Å². The molecule has 2 aromatic carbocycles. The molecule has 11 nitrogen and oxygen atoms in total. The van der Waals surface area contributed by atoms with Gasteiger partial charge in [-0.2, -0.15) is 0 Å². The normalized spacial score (nSPS) is 26.8. The maximum Gasteiger partial charge on any atom is 0.408 e. The van der Waals surface area contributed by atoms with Gasteiger partial charge in [-0.25, -0.2) is 17.9 Å².